The van der Waals surface area contributed by atoms with Crippen molar-refractivity contribution in [3.05, 3.63) is 23.8 Å². The normalized spacial score (nSPS) is 23.1. The highest BCUT2D eigenvalue weighted by molar-refractivity contribution is 5.69. The molecule has 2 unspecified atom stereocenters. The second-order valence-electron chi connectivity index (χ2n) is 6.50. The van der Waals surface area contributed by atoms with Gasteiger partial charge in [-0.2, -0.15) is 0 Å². The van der Waals surface area contributed by atoms with Crippen LogP contribution in [0.3, 0.4) is 0 Å². The third-order valence-corrected chi connectivity index (χ3v) is 4.58. The lowest BCUT2D eigenvalue weighted by atomic mass is 10.1. The molecule has 0 aliphatic heterocycles. The predicted octanol–water partition coefficient (Wildman–Crippen LogP) is 3.50. The van der Waals surface area contributed by atoms with Crippen LogP contribution in [0.2, 0.25) is 0 Å². The Labute approximate surface area is 132 Å². The van der Waals surface area contributed by atoms with E-state index >= 15 is 0 Å². The lowest BCUT2D eigenvalue weighted by molar-refractivity contribution is -0.143. The van der Waals surface area contributed by atoms with Gasteiger partial charge in [-0.1, -0.05) is 6.07 Å². The van der Waals surface area contributed by atoms with Gasteiger partial charge in [0.05, 0.1) is 18.9 Å². The molecule has 2 saturated carbocycles. The van der Waals surface area contributed by atoms with E-state index in [4.69, 9.17) is 15.2 Å². The fourth-order valence-electron chi connectivity index (χ4n) is 2.91. The molecule has 0 saturated heterocycles. The van der Waals surface area contributed by atoms with Gasteiger partial charge in [-0.05, 0) is 68.1 Å². The van der Waals surface area contributed by atoms with Gasteiger partial charge in [-0.15, -0.1) is 0 Å². The van der Waals surface area contributed by atoms with Crippen molar-refractivity contribution in [1.82, 2.24) is 0 Å². The van der Waals surface area contributed by atoms with Gasteiger partial charge in [0.2, 0.25) is 0 Å². The van der Waals surface area contributed by atoms with Crippen molar-refractivity contribution in [2.75, 3.05) is 18.9 Å². The Balaban J connectivity index is 1.52. The maximum absolute atomic E-state index is 11.4. The summed E-state index contributed by atoms with van der Waals surface area (Å²) in [6.45, 7) is 3.09. The van der Waals surface area contributed by atoms with E-state index in [0.29, 0.717) is 30.6 Å². The van der Waals surface area contributed by atoms with Crippen molar-refractivity contribution >= 4 is 11.7 Å². The van der Waals surface area contributed by atoms with E-state index in [1.807, 2.05) is 13.0 Å². The van der Waals surface area contributed by atoms with Crippen LogP contribution in [-0.4, -0.2) is 19.2 Å². The lowest BCUT2D eigenvalue weighted by Crippen LogP contribution is -2.04. The molecule has 3 rings (SSSR count). The first-order chi connectivity index (χ1) is 10.7. The van der Waals surface area contributed by atoms with Gasteiger partial charge in [0, 0.05) is 6.42 Å². The van der Waals surface area contributed by atoms with E-state index < -0.39 is 0 Å². The van der Waals surface area contributed by atoms with Gasteiger partial charge in [0.25, 0.3) is 0 Å². The molecule has 22 heavy (non-hydrogen) atoms. The van der Waals surface area contributed by atoms with Crippen LogP contribution in [0, 0.1) is 11.8 Å². The summed E-state index contributed by atoms with van der Waals surface area (Å²) < 4.78 is 10.8. The summed E-state index contributed by atoms with van der Waals surface area (Å²) in [4.78, 5) is 11.4. The summed E-state index contributed by atoms with van der Waals surface area (Å²) >= 11 is 0. The zero-order valence-corrected chi connectivity index (χ0v) is 13.2. The Hall–Kier alpha value is -1.71. The first-order valence-corrected chi connectivity index (χ1v) is 8.35. The maximum Gasteiger partial charge on any atom is 0.305 e. The number of hydrogen-bond acceptors (Lipinski definition) is 4. The summed E-state index contributed by atoms with van der Waals surface area (Å²) in [5.41, 5.74) is 8.00. The summed E-state index contributed by atoms with van der Waals surface area (Å²) in [7, 11) is 0. The van der Waals surface area contributed by atoms with Crippen LogP contribution < -0.4 is 10.5 Å². The monoisotopic (exact) mass is 303 g/mol. The van der Waals surface area contributed by atoms with Crippen LogP contribution in [0.15, 0.2) is 18.2 Å². The number of esters is 1. The second kappa shape index (κ2) is 6.59. The fourth-order valence-corrected chi connectivity index (χ4v) is 2.91. The first-order valence-electron chi connectivity index (χ1n) is 8.35. The van der Waals surface area contributed by atoms with E-state index in [1.54, 1.807) is 0 Å². The Morgan fingerprint density at radius 1 is 1.36 bits per heavy atom. The zero-order valence-electron chi connectivity index (χ0n) is 13.2. The van der Waals surface area contributed by atoms with Crippen LogP contribution in [0.25, 0.3) is 0 Å². The molecule has 0 amide bonds. The number of anilines is 1. The fraction of sp³-hybridized carbons (Fsp3) is 0.611. The number of benzene rings is 1. The molecule has 2 atom stereocenters. The minimum atomic E-state index is -0.0843. The zero-order chi connectivity index (χ0) is 15.5. The molecular formula is C18H25NO3. The topological polar surface area (TPSA) is 61.5 Å². The van der Waals surface area contributed by atoms with Gasteiger partial charge in [-0.3, -0.25) is 4.79 Å². The third kappa shape index (κ3) is 3.93. The summed E-state index contributed by atoms with van der Waals surface area (Å²) in [6, 6.07) is 6.12. The average molecular weight is 303 g/mol. The van der Waals surface area contributed by atoms with Crippen molar-refractivity contribution in [2.45, 2.75) is 44.9 Å². The van der Waals surface area contributed by atoms with E-state index in [2.05, 4.69) is 12.1 Å². The molecule has 120 valence electrons. The van der Waals surface area contributed by atoms with Gasteiger partial charge < -0.3 is 15.2 Å². The molecule has 4 heteroatoms. The number of nitrogen functional groups attached to an aromatic ring is 1. The van der Waals surface area contributed by atoms with Crippen LogP contribution in [-0.2, 0) is 9.53 Å². The molecule has 2 fully saturated rings. The van der Waals surface area contributed by atoms with E-state index in [-0.39, 0.29) is 5.97 Å². The molecule has 2 aliphatic carbocycles. The number of ether oxygens (including phenoxy) is 2. The molecule has 1 aromatic carbocycles. The first kappa shape index (κ1) is 15.2. The highest BCUT2D eigenvalue weighted by Crippen LogP contribution is 2.51. The Morgan fingerprint density at radius 2 is 2.18 bits per heavy atom. The number of carbonyl (C=O) groups excluding carboxylic acids is 1. The van der Waals surface area contributed by atoms with Crippen molar-refractivity contribution in [1.29, 1.82) is 0 Å². The summed E-state index contributed by atoms with van der Waals surface area (Å²) in [5, 5.41) is 0. The molecule has 0 bridgehead atoms. The minimum absolute atomic E-state index is 0.0843. The highest BCUT2D eigenvalue weighted by Gasteiger charge is 2.38. The van der Waals surface area contributed by atoms with Gasteiger partial charge >= 0.3 is 5.97 Å². The van der Waals surface area contributed by atoms with Crippen LogP contribution >= 0.6 is 0 Å². The van der Waals surface area contributed by atoms with Crippen molar-refractivity contribution < 1.29 is 14.3 Å². The maximum atomic E-state index is 11.4. The van der Waals surface area contributed by atoms with Gasteiger partial charge in [0.1, 0.15) is 5.75 Å². The molecule has 0 heterocycles. The van der Waals surface area contributed by atoms with Gasteiger partial charge in [-0.25, -0.2) is 0 Å². The van der Waals surface area contributed by atoms with E-state index in [1.165, 1.54) is 18.4 Å². The molecule has 0 radical (unpaired) electrons. The largest absolute Gasteiger partial charge is 0.491 e. The Kier molecular flexibility index (Phi) is 4.55. The van der Waals surface area contributed by atoms with Gasteiger partial charge in [0.15, 0.2) is 0 Å². The summed E-state index contributed by atoms with van der Waals surface area (Å²) in [6.07, 6.45) is 5.13. The SMILES string of the molecule is CCOC(=O)CCC1CC1c1ccc(N)c(OCC2CC2)c1. The number of rotatable bonds is 8. The predicted molar refractivity (Wildman–Crippen MR) is 85.8 cm³/mol. The molecule has 0 aromatic heterocycles. The van der Waals surface area contributed by atoms with Crippen LogP contribution in [0.4, 0.5) is 5.69 Å². The minimum Gasteiger partial charge on any atom is -0.491 e. The lowest BCUT2D eigenvalue weighted by Gasteiger charge is -2.10. The van der Waals surface area contributed by atoms with E-state index in [0.717, 1.165) is 31.1 Å². The Morgan fingerprint density at radius 3 is 2.91 bits per heavy atom. The second-order valence-corrected chi connectivity index (χ2v) is 6.50. The number of hydrogen-bond donors (Lipinski definition) is 1. The van der Waals surface area contributed by atoms with Crippen LogP contribution in [0.1, 0.15) is 50.5 Å². The van der Waals surface area contributed by atoms with Crippen molar-refractivity contribution in [3.8, 4) is 5.75 Å². The Bertz CT molecular complexity index is 539. The third-order valence-electron chi connectivity index (χ3n) is 4.58. The standard InChI is InChI=1S/C18H25NO3/c1-2-21-18(20)8-6-13-9-15(13)14-5-7-16(19)17(10-14)22-11-12-3-4-12/h5,7,10,12-13,15H,2-4,6,8-9,11,19H2,1H3. The molecular weight excluding hydrogens is 278 g/mol. The van der Waals surface area contributed by atoms with Crippen molar-refractivity contribution in [2.24, 2.45) is 11.8 Å². The highest BCUT2D eigenvalue weighted by atomic mass is 16.5. The molecule has 1 aromatic rings. The van der Waals surface area contributed by atoms with Crippen molar-refractivity contribution in [3.63, 3.8) is 0 Å². The summed E-state index contributed by atoms with van der Waals surface area (Å²) in [5.74, 6) is 2.59. The quantitative estimate of drug-likeness (QED) is 0.590. The molecule has 4 nitrogen and oxygen atoms in total. The number of carbonyl (C=O) groups is 1. The van der Waals surface area contributed by atoms with E-state index in [9.17, 15) is 4.79 Å². The smallest absolute Gasteiger partial charge is 0.305 e. The molecule has 2 aliphatic rings. The average Bonchev–Trinajstić information content (AvgIpc) is 3.39. The molecule has 0 spiro atoms. The number of nitrogens with two attached hydrogens (primary N) is 1. The van der Waals surface area contributed by atoms with Crippen LogP contribution in [0.5, 0.6) is 5.75 Å². The molecule has 2 N–H and O–H groups in total.